The van der Waals surface area contributed by atoms with Crippen molar-refractivity contribution in [2.75, 3.05) is 10.5 Å². The second-order valence-electron chi connectivity index (χ2n) is 4.29. The van der Waals surface area contributed by atoms with Crippen LogP contribution in [0.1, 0.15) is 17.5 Å². The van der Waals surface area contributed by atoms with Gasteiger partial charge in [-0.3, -0.25) is 4.72 Å². The summed E-state index contributed by atoms with van der Waals surface area (Å²) in [6.07, 6.45) is 0.748. The third kappa shape index (κ3) is 3.50. The molecule has 0 saturated heterocycles. The molecule has 2 rings (SSSR count). The molecule has 1 aromatic carbocycles. The largest absolute Gasteiger partial charge is 0.398 e. The van der Waals surface area contributed by atoms with Crippen LogP contribution in [0.5, 0.6) is 0 Å². The van der Waals surface area contributed by atoms with Gasteiger partial charge < -0.3 is 5.73 Å². The first-order valence-electron chi connectivity index (χ1n) is 5.98. The molecule has 5 nitrogen and oxygen atoms in total. The van der Waals surface area contributed by atoms with Crippen molar-refractivity contribution in [1.29, 1.82) is 0 Å². The highest BCUT2D eigenvalue weighted by molar-refractivity contribution is 9.10. The molecule has 0 aliphatic heterocycles. The van der Waals surface area contributed by atoms with Crippen molar-refractivity contribution in [3.05, 3.63) is 32.2 Å². The van der Waals surface area contributed by atoms with Crippen LogP contribution in [0.2, 0.25) is 5.02 Å². The van der Waals surface area contributed by atoms with Crippen LogP contribution in [-0.2, 0) is 16.4 Å². The van der Waals surface area contributed by atoms with Gasteiger partial charge in [-0.25, -0.2) is 13.4 Å². The summed E-state index contributed by atoms with van der Waals surface area (Å²) in [7, 11) is -3.81. The van der Waals surface area contributed by atoms with Crippen LogP contribution in [0.4, 0.5) is 10.8 Å². The molecular weight excluding hydrogens is 398 g/mol. The van der Waals surface area contributed by atoms with Crippen LogP contribution in [0.15, 0.2) is 21.5 Å². The van der Waals surface area contributed by atoms with Gasteiger partial charge in [-0.2, -0.15) is 0 Å². The fourth-order valence-corrected chi connectivity index (χ4v) is 5.18. The van der Waals surface area contributed by atoms with Gasteiger partial charge in [-0.1, -0.05) is 18.5 Å². The summed E-state index contributed by atoms with van der Waals surface area (Å²) in [5.41, 5.74) is 6.86. The Kier molecular flexibility index (Phi) is 4.82. The summed E-state index contributed by atoms with van der Waals surface area (Å²) >= 11 is 10.3. The number of rotatable bonds is 4. The number of hydrogen-bond donors (Lipinski definition) is 2. The number of nitrogen functional groups attached to an aromatic ring is 1. The Morgan fingerprint density at radius 3 is 2.71 bits per heavy atom. The standard InChI is InChI=1S/C12H13BrClN3O2S2/c1-3-9-6(2)20-12(16-9)17-21(18,19)10-5-7(14)4-8(15)11(10)13/h4-5H,3,15H2,1-2H3,(H,16,17). The molecule has 0 fully saturated rings. The predicted molar refractivity (Wildman–Crippen MR) is 90.6 cm³/mol. The van der Waals surface area contributed by atoms with Crippen LogP contribution in [-0.4, -0.2) is 13.4 Å². The lowest BCUT2D eigenvalue weighted by Gasteiger charge is -2.09. The zero-order chi connectivity index (χ0) is 15.8. The van der Waals surface area contributed by atoms with Crippen molar-refractivity contribution in [2.45, 2.75) is 25.2 Å². The highest BCUT2D eigenvalue weighted by Gasteiger charge is 2.22. The molecule has 9 heteroatoms. The third-order valence-electron chi connectivity index (χ3n) is 2.77. The van der Waals surface area contributed by atoms with Crippen molar-refractivity contribution in [3.8, 4) is 0 Å². The number of aryl methyl sites for hydroxylation is 2. The zero-order valence-corrected chi connectivity index (χ0v) is 15.3. The first-order valence-corrected chi connectivity index (χ1v) is 9.45. The molecule has 0 saturated carbocycles. The molecule has 0 aliphatic rings. The molecule has 3 N–H and O–H groups in total. The van der Waals surface area contributed by atoms with Gasteiger partial charge in [0.1, 0.15) is 4.90 Å². The third-order valence-corrected chi connectivity index (χ3v) is 6.56. The Morgan fingerprint density at radius 1 is 1.48 bits per heavy atom. The van der Waals surface area contributed by atoms with Gasteiger partial charge in [0.05, 0.1) is 10.2 Å². The molecule has 1 aromatic heterocycles. The fourth-order valence-electron chi connectivity index (χ4n) is 1.75. The molecule has 21 heavy (non-hydrogen) atoms. The van der Waals surface area contributed by atoms with E-state index in [9.17, 15) is 8.42 Å². The van der Waals surface area contributed by atoms with Gasteiger partial charge in [-0.05, 0) is 41.4 Å². The van der Waals surface area contributed by atoms with E-state index in [-0.39, 0.29) is 20.1 Å². The molecule has 0 aliphatic carbocycles. The summed E-state index contributed by atoms with van der Waals surface area (Å²) in [5.74, 6) is 0. The van der Waals surface area contributed by atoms with Gasteiger partial charge >= 0.3 is 0 Å². The second-order valence-corrected chi connectivity index (χ2v) is 8.37. The quantitative estimate of drug-likeness (QED) is 0.750. The monoisotopic (exact) mass is 409 g/mol. The lowest BCUT2D eigenvalue weighted by Crippen LogP contribution is -2.14. The lowest BCUT2D eigenvalue weighted by molar-refractivity contribution is 0.600. The Balaban J connectivity index is 2.43. The summed E-state index contributed by atoms with van der Waals surface area (Å²) in [6.45, 7) is 3.87. The van der Waals surface area contributed by atoms with Crippen LogP contribution in [0.25, 0.3) is 0 Å². The van der Waals surface area contributed by atoms with Gasteiger partial charge in [0.25, 0.3) is 10.0 Å². The summed E-state index contributed by atoms with van der Waals surface area (Å²) in [4.78, 5) is 5.23. The molecule has 1 heterocycles. The highest BCUT2D eigenvalue weighted by atomic mass is 79.9. The first-order chi connectivity index (χ1) is 9.74. The van der Waals surface area contributed by atoms with Crippen LogP contribution < -0.4 is 10.5 Å². The number of nitrogens with one attached hydrogen (secondary N) is 1. The summed E-state index contributed by atoms with van der Waals surface area (Å²) < 4.78 is 27.6. The Morgan fingerprint density at radius 2 is 2.14 bits per heavy atom. The van der Waals surface area contributed by atoms with E-state index < -0.39 is 10.0 Å². The van der Waals surface area contributed by atoms with E-state index in [1.807, 2.05) is 13.8 Å². The first kappa shape index (κ1) is 16.5. The Labute approximate surface area is 140 Å². The summed E-state index contributed by atoms with van der Waals surface area (Å²) in [5, 5.41) is 0.579. The highest BCUT2D eigenvalue weighted by Crippen LogP contribution is 2.33. The van der Waals surface area contributed by atoms with E-state index in [4.69, 9.17) is 17.3 Å². The zero-order valence-electron chi connectivity index (χ0n) is 11.3. The maximum absolute atomic E-state index is 12.4. The number of thiazole rings is 1. The topological polar surface area (TPSA) is 85.1 Å². The molecule has 114 valence electrons. The molecule has 0 radical (unpaired) electrons. The van der Waals surface area contributed by atoms with Crippen molar-refractivity contribution in [1.82, 2.24) is 4.98 Å². The van der Waals surface area contributed by atoms with Crippen molar-refractivity contribution < 1.29 is 8.42 Å². The van der Waals surface area contributed by atoms with Crippen LogP contribution in [0.3, 0.4) is 0 Å². The number of aromatic nitrogens is 1. The number of benzene rings is 1. The smallest absolute Gasteiger partial charge is 0.264 e. The maximum atomic E-state index is 12.4. The van der Waals surface area contributed by atoms with Gasteiger partial charge in [0.15, 0.2) is 5.13 Å². The Hall–Kier alpha value is -0.830. The Bertz CT molecular complexity index is 790. The molecule has 0 atom stereocenters. The minimum absolute atomic E-state index is 0.0154. The molecule has 0 amide bonds. The van der Waals surface area contributed by atoms with E-state index >= 15 is 0 Å². The van der Waals surface area contributed by atoms with Gasteiger partial charge in [0.2, 0.25) is 0 Å². The minimum Gasteiger partial charge on any atom is -0.398 e. The van der Waals surface area contributed by atoms with Crippen molar-refractivity contribution in [2.24, 2.45) is 0 Å². The normalized spacial score (nSPS) is 11.6. The fraction of sp³-hybridized carbons (Fsp3) is 0.250. The molecule has 2 aromatic rings. The second kappa shape index (κ2) is 6.12. The predicted octanol–water partition coefficient (Wildman–Crippen LogP) is 3.81. The average molecular weight is 411 g/mol. The van der Waals surface area contributed by atoms with E-state index in [1.54, 1.807) is 0 Å². The van der Waals surface area contributed by atoms with Gasteiger partial charge in [0, 0.05) is 15.6 Å². The SMILES string of the molecule is CCc1nc(NS(=O)(=O)c2cc(Cl)cc(N)c2Br)sc1C. The van der Waals surface area contributed by atoms with Crippen LogP contribution >= 0.6 is 38.9 Å². The average Bonchev–Trinajstić information content (AvgIpc) is 2.72. The number of nitrogens with two attached hydrogens (primary N) is 1. The van der Waals surface area contributed by atoms with Crippen LogP contribution in [0, 0.1) is 6.92 Å². The van der Waals surface area contributed by atoms with E-state index in [1.165, 1.54) is 23.5 Å². The molecule has 0 spiro atoms. The van der Waals surface area contributed by atoms with Crippen molar-refractivity contribution >= 4 is 59.7 Å². The number of hydrogen-bond acceptors (Lipinski definition) is 5. The lowest BCUT2D eigenvalue weighted by atomic mass is 10.3. The van der Waals surface area contributed by atoms with E-state index in [2.05, 4.69) is 25.6 Å². The molecular formula is C12H13BrClN3O2S2. The van der Waals surface area contributed by atoms with E-state index in [0.717, 1.165) is 17.0 Å². The molecule has 0 bridgehead atoms. The maximum Gasteiger partial charge on any atom is 0.264 e. The number of anilines is 2. The summed E-state index contributed by atoms with van der Waals surface area (Å²) in [6, 6.07) is 2.82. The molecule has 0 unspecified atom stereocenters. The minimum atomic E-state index is -3.81. The number of sulfonamides is 1. The number of halogens is 2. The van der Waals surface area contributed by atoms with Crippen molar-refractivity contribution in [3.63, 3.8) is 0 Å². The van der Waals surface area contributed by atoms with E-state index in [0.29, 0.717) is 5.13 Å². The number of nitrogens with zero attached hydrogens (tertiary/aromatic N) is 1. The van der Waals surface area contributed by atoms with Gasteiger partial charge in [-0.15, -0.1) is 11.3 Å².